The zero-order valence-corrected chi connectivity index (χ0v) is 21.6. The monoisotopic (exact) mass is 570 g/mol. The lowest BCUT2D eigenvalue weighted by Crippen LogP contribution is -2.54. The first-order valence-corrected chi connectivity index (χ1v) is 11.7. The van der Waals surface area contributed by atoms with E-state index in [0.29, 0.717) is 0 Å². The Morgan fingerprint density at radius 1 is 0.897 bits per heavy atom. The number of benzene rings is 3. The Labute approximate surface area is 229 Å². The number of aryl methyl sites for hydroxylation is 2. The molecule has 0 atom stereocenters. The maximum atomic E-state index is 13.2. The summed E-state index contributed by atoms with van der Waals surface area (Å²) in [5, 5.41) is 24.2. The summed E-state index contributed by atoms with van der Waals surface area (Å²) >= 11 is 12.6. The summed E-state index contributed by atoms with van der Waals surface area (Å²) in [6.07, 6.45) is 1.17. The van der Waals surface area contributed by atoms with Crippen LogP contribution in [0, 0.1) is 34.1 Å². The number of urea groups is 1. The number of hydrogen-bond acceptors (Lipinski definition) is 8. The molecule has 1 N–H and O–H groups in total. The highest BCUT2D eigenvalue weighted by atomic mass is 35.5. The second kappa shape index (κ2) is 10.5. The molecule has 0 aromatic heterocycles. The first-order chi connectivity index (χ1) is 18.4. The molecule has 4 amide bonds. The van der Waals surface area contributed by atoms with Gasteiger partial charge in [0.1, 0.15) is 5.57 Å². The van der Waals surface area contributed by atoms with Crippen LogP contribution in [0.5, 0.6) is 11.5 Å². The average Bonchev–Trinajstić information content (AvgIpc) is 2.86. The number of rotatable bonds is 6. The fourth-order valence-corrected chi connectivity index (χ4v) is 4.22. The van der Waals surface area contributed by atoms with Gasteiger partial charge in [0.05, 0.1) is 31.6 Å². The van der Waals surface area contributed by atoms with E-state index in [1.165, 1.54) is 18.2 Å². The lowest BCUT2D eigenvalue weighted by molar-refractivity contribution is -0.394. The van der Waals surface area contributed by atoms with Crippen molar-refractivity contribution in [3.63, 3.8) is 0 Å². The van der Waals surface area contributed by atoms with Crippen LogP contribution in [0.25, 0.3) is 6.08 Å². The Bertz CT molecular complexity index is 1610. The Morgan fingerprint density at radius 2 is 1.56 bits per heavy atom. The lowest BCUT2D eigenvalue weighted by atomic mass is 10.0. The van der Waals surface area contributed by atoms with E-state index in [-0.39, 0.29) is 38.4 Å². The summed E-state index contributed by atoms with van der Waals surface area (Å²) in [5.74, 6) is -2.37. The third kappa shape index (κ3) is 5.42. The van der Waals surface area contributed by atoms with Gasteiger partial charge in [-0.3, -0.25) is 35.1 Å². The number of imide groups is 2. The van der Waals surface area contributed by atoms with E-state index in [4.69, 9.17) is 27.9 Å². The van der Waals surface area contributed by atoms with E-state index in [2.05, 4.69) is 5.32 Å². The van der Waals surface area contributed by atoms with Crippen LogP contribution in [0.1, 0.15) is 16.7 Å². The number of ether oxygens (including phenoxy) is 1. The molecule has 0 bridgehead atoms. The van der Waals surface area contributed by atoms with Gasteiger partial charge in [0.2, 0.25) is 5.75 Å². The van der Waals surface area contributed by atoms with E-state index < -0.39 is 39.1 Å². The van der Waals surface area contributed by atoms with E-state index in [1.807, 2.05) is 13.8 Å². The molecule has 0 radical (unpaired) electrons. The molecule has 4 rings (SSSR count). The summed E-state index contributed by atoms with van der Waals surface area (Å²) < 4.78 is 5.52. The normalized spacial score (nSPS) is 14.4. The summed E-state index contributed by atoms with van der Waals surface area (Å²) in [4.78, 5) is 59.7. The van der Waals surface area contributed by atoms with Crippen molar-refractivity contribution in [2.75, 3.05) is 4.90 Å². The van der Waals surface area contributed by atoms with Crippen molar-refractivity contribution in [1.29, 1.82) is 0 Å². The van der Waals surface area contributed by atoms with E-state index in [0.717, 1.165) is 34.2 Å². The molecule has 1 aliphatic rings. The first-order valence-electron chi connectivity index (χ1n) is 11.0. The topological polar surface area (TPSA) is 162 Å². The van der Waals surface area contributed by atoms with Gasteiger partial charge in [-0.1, -0.05) is 29.3 Å². The van der Waals surface area contributed by atoms with Gasteiger partial charge < -0.3 is 4.74 Å². The van der Waals surface area contributed by atoms with E-state index in [1.54, 1.807) is 18.2 Å². The average molecular weight is 571 g/mol. The summed E-state index contributed by atoms with van der Waals surface area (Å²) in [6.45, 7) is 3.68. The van der Waals surface area contributed by atoms with Crippen molar-refractivity contribution in [2.24, 2.45) is 0 Å². The first kappa shape index (κ1) is 27.2. The molecule has 0 spiro atoms. The van der Waals surface area contributed by atoms with Crippen molar-refractivity contribution < 1.29 is 29.0 Å². The molecular weight excluding hydrogens is 555 g/mol. The number of carbonyl (C=O) groups excluding carboxylic acids is 3. The van der Waals surface area contributed by atoms with Crippen molar-refractivity contribution in [3.8, 4) is 11.5 Å². The van der Waals surface area contributed by atoms with Crippen LogP contribution in [0.3, 0.4) is 0 Å². The summed E-state index contributed by atoms with van der Waals surface area (Å²) in [5.41, 5.74) is 0.644. The highest BCUT2D eigenvalue weighted by Gasteiger charge is 2.37. The smallest absolute Gasteiger partial charge is 0.335 e. The minimum Gasteiger partial charge on any atom is -0.447 e. The molecule has 1 heterocycles. The van der Waals surface area contributed by atoms with Crippen LogP contribution in [0.2, 0.25) is 10.0 Å². The van der Waals surface area contributed by atoms with Crippen molar-refractivity contribution in [2.45, 2.75) is 13.8 Å². The minimum absolute atomic E-state index is 0.146. The fourth-order valence-electron chi connectivity index (χ4n) is 3.64. The van der Waals surface area contributed by atoms with Crippen LogP contribution in [-0.2, 0) is 9.59 Å². The third-order valence-electron chi connectivity index (χ3n) is 5.74. The number of halogens is 2. The highest BCUT2D eigenvalue weighted by Crippen LogP contribution is 2.41. The second-order valence-corrected chi connectivity index (χ2v) is 9.12. The van der Waals surface area contributed by atoms with Crippen LogP contribution < -0.4 is 15.0 Å². The molecule has 3 aromatic carbocycles. The standard InChI is InChI=1S/C25H16Cl2N4O8/c1-12-3-4-15(7-13(12)2)29-24(33)17(23(32)28-25(29)34)8-14-9-18(26)22(19(27)10-14)39-21-6-5-16(30(35)36)11-20(21)31(37)38/h3-11H,1-2H3,(H,28,32,34)/b17-8+. The number of amides is 4. The molecule has 1 aliphatic heterocycles. The Hall–Kier alpha value is -4.81. The zero-order valence-electron chi connectivity index (χ0n) is 20.1. The molecule has 1 fully saturated rings. The van der Waals surface area contributed by atoms with Gasteiger partial charge in [-0.25, -0.2) is 9.69 Å². The molecule has 39 heavy (non-hydrogen) atoms. The summed E-state index contributed by atoms with van der Waals surface area (Å²) in [7, 11) is 0. The molecule has 0 saturated carbocycles. The van der Waals surface area contributed by atoms with Crippen molar-refractivity contribution in [3.05, 3.63) is 101 Å². The number of carbonyl (C=O) groups is 3. The number of barbiturate groups is 1. The molecule has 3 aromatic rings. The minimum atomic E-state index is -0.931. The van der Waals surface area contributed by atoms with E-state index in [9.17, 15) is 34.6 Å². The van der Waals surface area contributed by atoms with Gasteiger partial charge in [0.15, 0.2) is 5.75 Å². The van der Waals surface area contributed by atoms with Gasteiger partial charge in [0, 0.05) is 6.07 Å². The van der Waals surface area contributed by atoms with Gasteiger partial charge in [-0.05, 0) is 66.9 Å². The molecule has 12 nitrogen and oxygen atoms in total. The number of hydrogen-bond donors (Lipinski definition) is 1. The number of nitro benzene ring substituents is 2. The van der Waals surface area contributed by atoms with Crippen molar-refractivity contribution >= 4 is 64.2 Å². The predicted molar refractivity (Wildman–Crippen MR) is 141 cm³/mol. The van der Waals surface area contributed by atoms with Crippen LogP contribution >= 0.6 is 23.2 Å². The largest absolute Gasteiger partial charge is 0.447 e. The van der Waals surface area contributed by atoms with Gasteiger partial charge >= 0.3 is 11.7 Å². The lowest BCUT2D eigenvalue weighted by Gasteiger charge is -2.27. The molecular formula is C25H16Cl2N4O8. The number of anilines is 1. The predicted octanol–water partition coefficient (Wildman–Crippen LogP) is 5.89. The fraction of sp³-hybridized carbons (Fsp3) is 0.0800. The quantitative estimate of drug-likeness (QED) is 0.166. The number of nitrogens with zero attached hydrogens (tertiary/aromatic N) is 3. The molecule has 198 valence electrons. The van der Waals surface area contributed by atoms with Gasteiger partial charge in [-0.15, -0.1) is 0 Å². The van der Waals surface area contributed by atoms with Crippen molar-refractivity contribution in [1.82, 2.24) is 5.32 Å². The third-order valence-corrected chi connectivity index (χ3v) is 6.31. The summed E-state index contributed by atoms with van der Waals surface area (Å²) in [6, 6.07) is 9.37. The van der Waals surface area contributed by atoms with Crippen LogP contribution in [-0.4, -0.2) is 27.7 Å². The van der Waals surface area contributed by atoms with Crippen LogP contribution in [0.4, 0.5) is 21.9 Å². The maximum Gasteiger partial charge on any atom is 0.335 e. The Balaban J connectivity index is 1.69. The van der Waals surface area contributed by atoms with Gasteiger partial charge in [0.25, 0.3) is 17.5 Å². The zero-order chi connectivity index (χ0) is 28.6. The highest BCUT2D eigenvalue weighted by molar-refractivity contribution is 6.40. The number of nitro groups is 2. The molecule has 0 aliphatic carbocycles. The molecule has 14 heteroatoms. The van der Waals surface area contributed by atoms with Crippen LogP contribution in [0.15, 0.2) is 54.1 Å². The molecule has 1 saturated heterocycles. The second-order valence-electron chi connectivity index (χ2n) is 8.31. The van der Waals surface area contributed by atoms with E-state index >= 15 is 0 Å². The SMILES string of the molecule is Cc1ccc(N2C(=O)NC(=O)/C(=C\c3cc(Cl)c(Oc4ccc([N+](=O)[O-])cc4[N+](=O)[O-])c(Cl)c3)C2=O)cc1C. The Kier molecular flexibility index (Phi) is 7.34. The number of non-ortho nitro benzene ring substituents is 1. The molecule has 0 unspecified atom stereocenters. The Morgan fingerprint density at radius 3 is 2.15 bits per heavy atom. The van der Waals surface area contributed by atoms with Gasteiger partial charge in [-0.2, -0.15) is 0 Å². The maximum absolute atomic E-state index is 13.2. The number of nitrogens with one attached hydrogen (secondary N) is 1.